The Morgan fingerprint density at radius 1 is 1.14 bits per heavy atom. The number of benzene rings is 2. The molecule has 0 aliphatic carbocycles. The van der Waals surface area contributed by atoms with E-state index in [1.54, 1.807) is 0 Å². The second kappa shape index (κ2) is 7.01. The summed E-state index contributed by atoms with van der Waals surface area (Å²) in [4.78, 5) is 14.8. The molecule has 2 aliphatic rings. The maximum Gasteiger partial charge on any atom is 0.223 e. The molecule has 1 N–H and O–H groups in total. The van der Waals surface area contributed by atoms with Crippen molar-refractivity contribution in [2.75, 3.05) is 18.1 Å². The van der Waals surface area contributed by atoms with Gasteiger partial charge in [0.1, 0.15) is 11.4 Å². The van der Waals surface area contributed by atoms with Gasteiger partial charge in [-0.3, -0.25) is 4.79 Å². The highest BCUT2D eigenvalue weighted by Crippen LogP contribution is 2.52. The number of hydrogen-bond acceptors (Lipinski definition) is 3. The number of hydrogen-bond donors (Lipinski definition) is 1. The first-order chi connectivity index (χ1) is 13.5. The number of nitrogens with one attached hydrogen (secondary N) is 1. The SMILES string of the molecule is CCCOc1ccc(/C=C/[C@@]23NC(=O)CCN2c2ccccc2C3(C)C)cc1. The third-order valence-corrected chi connectivity index (χ3v) is 6.01. The summed E-state index contributed by atoms with van der Waals surface area (Å²) in [5.41, 5.74) is 2.75. The Morgan fingerprint density at radius 2 is 1.89 bits per heavy atom. The van der Waals surface area contributed by atoms with Crippen LogP contribution in [0.4, 0.5) is 5.69 Å². The largest absolute Gasteiger partial charge is 0.494 e. The maximum absolute atomic E-state index is 12.4. The van der Waals surface area contributed by atoms with Crippen molar-refractivity contribution in [1.29, 1.82) is 0 Å². The molecule has 2 heterocycles. The highest BCUT2D eigenvalue weighted by atomic mass is 16.5. The summed E-state index contributed by atoms with van der Waals surface area (Å²) in [6.45, 7) is 7.97. The molecule has 2 aromatic carbocycles. The Bertz CT molecular complexity index is 901. The zero-order valence-electron chi connectivity index (χ0n) is 16.9. The Kier molecular flexibility index (Phi) is 4.66. The number of fused-ring (bicyclic) bond motifs is 3. The molecule has 0 radical (unpaired) electrons. The second-order valence-electron chi connectivity index (χ2n) is 8.11. The number of rotatable bonds is 5. The summed E-state index contributed by atoms with van der Waals surface area (Å²) >= 11 is 0. The van der Waals surface area contributed by atoms with Crippen molar-refractivity contribution in [1.82, 2.24) is 5.32 Å². The molecule has 0 aromatic heterocycles. The molecule has 4 nitrogen and oxygen atoms in total. The lowest BCUT2D eigenvalue weighted by Gasteiger charge is -2.49. The molecular weight excluding hydrogens is 348 g/mol. The average molecular weight is 377 g/mol. The lowest BCUT2D eigenvalue weighted by Crippen LogP contribution is -2.68. The molecule has 0 unspecified atom stereocenters. The van der Waals surface area contributed by atoms with Crippen molar-refractivity contribution in [3.63, 3.8) is 0 Å². The second-order valence-corrected chi connectivity index (χ2v) is 8.11. The van der Waals surface area contributed by atoms with E-state index in [1.165, 1.54) is 11.3 Å². The van der Waals surface area contributed by atoms with Gasteiger partial charge >= 0.3 is 0 Å². The number of carbonyl (C=O) groups is 1. The van der Waals surface area contributed by atoms with E-state index < -0.39 is 5.66 Å². The van der Waals surface area contributed by atoms with Gasteiger partial charge in [-0.25, -0.2) is 0 Å². The Labute approximate surface area is 167 Å². The Hall–Kier alpha value is -2.75. The predicted octanol–water partition coefficient (Wildman–Crippen LogP) is 4.50. The standard InChI is InChI=1S/C24H28N2O2/c1-4-17-28-19-11-9-18(10-12-19)13-15-24-23(2,3)20-7-5-6-8-21(20)26(24)16-14-22(27)25-24/h5-13,15H,4,14,16-17H2,1-3H3,(H,25,27)/b15-13+/t24-/m1/s1. The van der Waals surface area contributed by atoms with Crippen LogP contribution in [0.15, 0.2) is 54.6 Å². The topological polar surface area (TPSA) is 41.6 Å². The lowest BCUT2D eigenvalue weighted by molar-refractivity contribution is -0.124. The van der Waals surface area contributed by atoms with Crippen LogP contribution >= 0.6 is 0 Å². The average Bonchev–Trinajstić information content (AvgIpc) is 2.90. The number of ether oxygens (including phenoxy) is 1. The highest BCUT2D eigenvalue weighted by Gasteiger charge is 2.57. The first-order valence-corrected chi connectivity index (χ1v) is 10.1. The normalized spacial score (nSPS) is 22.7. The van der Waals surface area contributed by atoms with E-state index in [0.29, 0.717) is 6.42 Å². The van der Waals surface area contributed by atoms with E-state index in [2.05, 4.69) is 79.5 Å². The number of amides is 1. The molecule has 2 aliphatic heterocycles. The smallest absolute Gasteiger partial charge is 0.223 e. The van der Waals surface area contributed by atoms with Crippen molar-refractivity contribution in [3.05, 3.63) is 65.7 Å². The summed E-state index contributed by atoms with van der Waals surface area (Å²) in [5, 5.41) is 3.31. The van der Waals surface area contributed by atoms with Gasteiger partial charge in [-0.05, 0) is 41.8 Å². The number of para-hydroxylation sites is 1. The third-order valence-electron chi connectivity index (χ3n) is 6.01. The summed E-state index contributed by atoms with van der Waals surface area (Å²) in [5.74, 6) is 0.989. The fourth-order valence-electron chi connectivity index (χ4n) is 4.43. The zero-order chi connectivity index (χ0) is 19.8. The summed E-state index contributed by atoms with van der Waals surface area (Å²) < 4.78 is 5.67. The van der Waals surface area contributed by atoms with Gasteiger partial charge in [0, 0.05) is 24.1 Å². The van der Waals surface area contributed by atoms with E-state index in [0.717, 1.165) is 30.9 Å². The van der Waals surface area contributed by atoms with E-state index in [1.807, 2.05) is 12.1 Å². The van der Waals surface area contributed by atoms with Crippen LogP contribution in [-0.4, -0.2) is 24.7 Å². The van der Waals surface area contributed by atoms with Crippen LogP contribution in [0.25, 0.3) is 6.08 Å². The van der Waals surface area contributed by atoms with Gasteiger partial charge in [0.25, 0.3) is 0 Å². The predicted molar refractivity (Wildman–Crippen MR) is 114 cm³/mol. The Morgan fingerprint density at radius 3 is 2.64 bits per heavy atom. The molecule has 4 heteroatoms. The minimum Gasteiger partial charge on any atom is -0.494 e. The highest BCUT2D eigenvalue weighted by molar-refractivity contribution is 5.84. The van der Waals surface area contributed by atoms with Crippen LogP contribution in [0.5, 0.6) is 5.75 Å². The lowest BCUT2D eigenvalue weighted by atomic mass is 9.74. The van der Waals surface area contributed by atoms with E-state index in [9.17, 15) is 4.79 Å². The van der Waals surface area contributed by atoms with Gasteiger partial charge in [-0.2, -0.15) is 0 Å². The van der Waals surface area contributed by atoms with Gasteiger partial charge in [0.15, 0.2) is 0 Å². The molecule has 0 saturated carbocycles. The van der Waals surface area contributed by atoms with Crippen molar-refractivity contribution >= 4 is 17.7 Å². The number of nitrogens with zero attached hydrogens (tertiary/aromatic N) is 1. The van der Waals surface area contributed by atoms with Gasteiger partial charge in [0.05, 0.1) is 6.61 Å². The van der Waals surface area contributed by atoms with E-state index >= 15 is 0 Å². The molecule has 1 saturated heterocycles. The molecule has 1 fully saturated rings. The fourth-order valence-corrected chi connectivity index (χ4v) is 4.43. The van der Waals surface area contributed by atoms with Crippen LogP contribution < -0.4 is 15.0 Å². The van der Waals surface area contributed by atoms with Crippen LogP contribution in [0.2, 0.25) is 0 Å². The van der Waals surface area contributed by atoms with E-state index in [4.69, 9.17) is 4.74 Å². The van der Waals surface area contributed by atoms with Gasteiger partial charge in [0.2, 0.25) is 5.91 Å². The maximum atomic E-state index is 12.4. The van der Waals surface area contributed by atoms with Crippen LogP contribution in [0, 0.1) is 0 Å². The zero-order valence-corrected chi connectivity index (χ0v) is 16.9. The molecule has 4 rings (SSSR count). The monoisotopic (exact) mass is 376 g/mol. The minimum atomic E-state index is -0.566. The summed E-state index contributed by atoms with van der Waals surface area (Å²) in [6.07, 6.45) is 5.78. The van der Waals surface area contributed by atoms with Gasteiger partial charge in [-0.1, -0.05) is 57.2 Å². The van der Waals surface area contributed by atoms with Gasteiger partial charge < -0.3 is 15.0 Å². The Balaban J connectivity index is 1.69. The minimum absolute atomic E-state index is 0.102. The van der Waals surface area contributed by atoms with Crippen LogP contribution in [0.1, 0.15) is 44.7 Å². The first kappa shape index (κ1) is 18.6. The molecule has 0 bridgehead atoms. The number of anilines is 1. The number of carbonyl (C=O) groups excluding carboxylic acids is 1. The molecule has 2 aromatic rings. The van der Waals surface area contributed by atoms with Crippen molar-refractivity contribution < 1.29 is 9.53 Å². The quantitative estimate of drug-likeness (QED) is 0.835. The van der Waals surface area contributed by atoms with Gasteiger partial charge in [-0.15, -0.1) is 0 Å². The molecule has 1 atom stereocenters. The molecule has 0 spiro atoms. The van der Waals surface area contributed by atoms with Crippen LogP contribution in [0.3, 0.4) is 0 Å². The molecule has 146 valence electrons. The van der Waals surface area contributed by atoms with E-state index in [-0.39, 0.29) is 11.3 Å². The van der Waals surface area contributed by atoms with Crippen molar-refractivity contribution in [2.24, 2.45) is 0 Å². The summed E-state index contributed by atoms with van der Waals surface area (Å²) in [7, 11) is 0. The van der Waals surface area contributed by atoms with Crippen molar-refractivity contribution in [2.45, 2.75) is 44.7 Å². The van der Waals surface area contributed by atoms with Crippen LogP contribution in [-0.2, 0) is 10.2 Å². The molecule has 28 heavy (non-hydrogen) atoms. The molecule has 1 amide bonds. The third kappa shape index (κ3) is 2.88. The molecular formula is C24H28N2O2. The fraction of sp³-hybridized carbons (Fsp3) is 0.375. The summed E-state index contributed by atoms with van der Waals surface area (Å²) in [6, 6.07) is 16.6. The van der Waals surface area contributed by atoms with Crippen molar-refractivity contribution in [3.8, 4) is 5.75 Å². The first-order valence-electron chi connectivity index (χ1n) is 10.1.